The summed E-state index contributed by atoms with van der Waals surface area (Å²) < 4.78 is 34.5. The Labute approximate surface area is 186 Å². The van der Waals surface area contributed by atoms with Crippen LogP contribution in [0.25, 0.3) is 0 Å². The van der Waals surface area contributed by atoms with Gasteiger partial charge in [-0.3, -0.25) is 8.98 Å². The van der Waals surface area contributed by atoms with Crippen molar-refractivity contribution in [3.8, 4) is 23.7 Å². The van der Waals surface area contributed by atoms with Crippen LogP contribution < -0.4 is 34.9 Å². The molecular weight excluding hydrogens is 377 g/mol. The number of amides is 1. The van der Waals surface area contributed by atoms with Crippen LogP contribution in [0.4, 0.5) is 0 Å². The van der Waals surface area contributed by atoms with Gasteiger partial charge in [0.25, 0.3) is 0 Å². The second-order valence-corrected chi connectivity index (χ2v) is 6.96. The van der Waals surface area contributed by atoms with Gasteiger partial charge in [-0.05, 0) is 18.3 Å². The van der Waals surface area contributed by atoms with Gasteiger partial charge in [0, 0.05) is 25.8 Å². The van der Waals surface area contributed by atoms with Crippen LogP contribution in [0.3, 0.4) is 0 Å². The number of carbonyl (C=O) groups is 1. The first-order valence-corrected chi connectivity index (χ1v) is 10.6. The molecule has 148 valence electrons. The molecule has 0 aromatic heterocycles. The van der Waals surface area contributed by atoms with Gasteiger partial charge in [-0.2, -0.15) is 0 Å². The van der Waals surface area contributed by atoms with E-state index in [0.29, 0.717) is 6.42 Å². The van der Waals surface area contributed by atoms with Crippen molar-refractivity contribution < 1.29 is 51.5 Å². The Balaban J connectivity index is 0. The van der Waals surface area contributed by atoms with Gasteiger partial charge in [0.15, 0.2) is 0 Å². The van der Waals surface area contributed by atoms with Gasteiger partial charge in [-0.25, -0.2) is 8.42 Å². The molecule has 0 aliphatic rings. The Morgan fingerprint density at radius 2 is 1.52 bits per heavy atom. The van der Waals surface area contributed by atoms with Gasteiger partial charge in [0.2, 0.25) is 16.3 Å². The van der Waals surface area contributed by atoms with Crippen molar-refractivity contribution in [1.82, 2.24) is 5.32 Å². The minimum Gasteiger partial charge on any atom is -0.726 e. The zero-order valence-electron chi connectivity index (χ0n) is 16.6. The third kappa shape index (κ3) is 25.5. The molecule has 27 heavy (non-hydrogen) atoms. The molecule has 0 aliphatic heterocycles. The molecule has 0 aromatic carbocycles. The second kappa shape index (κ2) is 20.2. The molecule has 0 radical (unpaired) electrons. The number of unbranched alkanes of at least 4 members (excludes halogenated alkanes) is 8. The first-order chi connectivity index (χ1) is 12.5. The van der Waals surface area contributed by atoms with Gasteiger partial charge in [-0.15, -0.1) is 0 Å². The van der Waals surface area contributed by atoms with Gasteiger partial charge in [0.05, 0.1) is 6.61 Å². The largest absolute Gasteiger partial charge is 1.00 e. The number of carbonyl (C=O) groups excluding carboxylic acids is 1. The third-order valence-corrected chi connectivity index (χ3v) is 3.98. The summed E-state index contributed by atoms with van der Waals surface area (Å²) >= 11 is 0. The van der Waals surface area contributed by atoms with Crippen LogP contribution in [0.2, 0.25) is 0 Å². The van der Waals surface area contributed by atoms with Crippen LogP contribution in [0, 0.1) is 23.7 Å². The fourth-order valence-corrected chi connectivity index (χ4v) is 2.45. The van der Waals surface area contributed by atoms with Crippen molar-refractivity contribution in [1.29, 1.82) is 0 Å². The molecule has 1 amide bonds. The van der Waals surface area contributed by atoms with Crippen molar-refractivity contribution in [3.05, 3.63) is 0 Å². The van der Waals surface area contributed by atoms with Crippen LogP contribution in [0.1, 0.15) is 77.6 Å². The zero-order valence-corrected chi connectivity index (χ0v) is 19.5. The molecule has 0 rings (SSSR count). The summed E-state index contributed by atoms with van der Waals surface area (Å²) in [6, 6.07) is 0. The molecule has 0 bridgehead atoms. The first-order valence-electron chi connectivity index (χ1n) is 9.28. The quantitative estimate of drug-likeness (QED) is 0.143. The summed E-state index contributed by atoms with van der Waals surface area (Å²) in [6.07, 6.45) is 11.6. The number of nitrogens with one attached hydrogen (secondary N) is 1. The molecule has 0 fully saturated rings. The van der Waals surface area contributed by atoms with E-state index >= 15 is 0 Å². The summed E-state index contributed by atoms with van der Waals surface area (Å²) in [7, 11) is -4.70. The minimum atomic E-state index is -4.70. The maximum absolute atomic E-state index is 11.4. The predicted octanol–water partition coefficient (Wildman–Crippen LogP) is -0.0988. The van der Waals surface area contributed by atoms with Crippen LogP contribution >= 0.6 is 0 Å². The molecule has 0 atom stereocenters. The van der Waals surface area contributed by atoms with E-state index in [1.807, 2.05) is 0 Å². The average Bonchev–Trinajstić information content (AvgIpc) is 2.58. The number of hydrogen-bond donors (Lipinski definition) is 1. The maximum atomic E-state index is 11.4. The van der Waals surface area contributed by atoms with Crippen molar-refractivity contribution in [2.24, 2.45) is 0 Å². The second-order valence-electron chi connectivity index (χ2n) is 5.91. The monoisotopic (exact) mass is 407 g/mol. The Morgan fingerprint density at radius 1 is 0.963 bits per heavy atom. The smallest absolute Gasteiger partial charge is 0.726 e. The van der Waals surface area contributed by atoms with Crippen molar-refractivity contribution in [2.45, 2.75) is 77.6 Å². The van der Waals surface area contributed by atoms with Gasteiger partial charge in [-0.1, -0.05) is 63.7 Å². The Morgan fingerprint density at radius 3 is 2.11 bits per heavy atom. The maximum Gasteiger partial charge on any atom is 1.00 e. The molecule has 0 spiro atoms. The average molecular weight is 408 g/mol. The Hall–Kier alpha value is -0.540. The molecule has 0 heterocycles. The van der Waals surface area contributed by atoms with Crippen molar-refractivity contribution >= 4 is 16.3 Å². The van der Waals surface area contributed by atoms with Crippen LogP contribution in [0.15, 0.2) is 0 Å². The predicted molar refractivity (Wildman–Crippen MR) is 101 cm³/mol. The van der Waals surface area contributed by atoms with E-state index < -0.39 is 10.4 Å². The topological polar surface area (TPSA) is 95.5 Å². The van der Waals surface area contributed by atoms with Gasteiger partial charge >= 0.3 is 29.6 Å². The van der Waals surface area contributed by atoms with Gasteiger partial charge in [0.1, 0.15) is 0 Å². The zero-order chi connectivity index (χ0) is 19.5. The minimum absolute atomic E-state index is 0. The Bertz CT molecular complexity index is 599. The van der Waals surface area contributed by atoms with E-state index in [-0.39, 0.29) is 55.0 Å². The van der Waals surface area contributed by atoms with Crippen LogP contribution in [-0.4, -0.2) is 32.0 Å². The van der Waals surface area contributed by atoms with E-state index in [9.17, 15) is 17.8 Å². The third-order valence-electron chi connectivity index (χ3n) is 3.52. The van der Waals surface area contributed by atoms with Crippen LogP contribution in [0.5, 0.6) is 0 Å². The van der Waals surface area contributed by atoms with Crippen LogP contribution in [-0.2, 0) is 19.4 Å². The summed E-state index contributed by atoms with van der Waals surface area (Å²) in [5.41, 5.74) is 0. The standard InChI is InChI=1S/C19H31NO5S.Na/c1-2-3-4-5-6-7-8-9-10-11-12-13-14-15-16-19(21)20-17-18-25-26(22,23)24;/h2-10,15-18H2,1H3,(H,20,21)(H,22,23,24);/q;+1/p-1. The Kier molecular flexibility index (Phi) is 21.4. The van der Waals surface area contributed by atoms with Gasteiger partial charge < -0.3 is 9.87 Å². The van der Waals surface area contributed by atoms with Crippen molar-refractivity contribution in [3.63, 3.8) is 0 Å². The summed E-state index contributed by atoms with van der Waals surface area (Å²) in [5, 5.41) is 2.43. The molecule has 1 N–H and O–H groups in total. The van der Waals surface area contributed by atoms with E-state index in [1.165, 1.54) is 44.9 Å². The number of hydrogen-bond acceptors (Lipinski definition) is 5. The van der Waals surface area contributed by atoms with E-state index in [4.69, 9.17) is 0 Å². The molecule has 0 aromatic rings. The van der Waals surface area contributed by atoms with Crippen molar-refractivity contribution in [2.75, 3.05) is 13.2 Å². The SMILES string of the molecule is CCCCCCCCCCC#CC#CCCC(=O)NCCOS(=O)(=O)[O-].[Na+]. The number of rotatable bonds is 14. The first kappa shape index (κ1) is 28.7. The normalized spacial score (nSPS) is 10.0. The van der Waals surface area contributed by atoms with E-state index in [0.717, 1.165) is 12.8 Å². The molecule has 0 saturated heterocycles. The molecule has 8 heteroatoms. The molecule has 6 nitrogen and oxygen atoms in total. The summed E-state index contributed by atoms with van der Waals surface area (Å²) in [5.74, 6) is 11.0. The molecule has 0 aliphatic carbocycles. The molecule has 0 saturated carbocycles. The fraction of sp³-hybridized carbons (Fsp3) is 0.737. The van der Waals surface area contributed by atoms with E-state index in [2.05, 4.69) is 40.1 Å². The summed E-state index contributed by atoms with van der Waals surface area (Å²) in [4.78, 5) is 11.4. The molecule has 0 unspecified atom stereocenters. The fourth-order valence-electron chi connectivity index (χ4n) is 2.16. The van der Waals surface area contributed by atoms with E-state index in [1.54, 1.807) is 0 Å². The summed E-state index contributed by atoms with van der Waals surface area (Å²) in [6.45, 7) is 1.82. The molecular formula is C19H30NNaO5S.